The number of benzene rings is 1. The summed E-state index contributed by atoms with van der Waals surface area (Å²) in [6, 6.07) is 3.40. The number of aryl methyl sites for hydroxylation is 1. The van der Waals surface area contributed by atoms with Crippen molar-refractivity contribution in [3.05, 3.63) is 41.0 Å². The van der Waals surface area contributed by atoms with E-state index in [4.69, 9.17) is 4.74 Å². The van der Waals surface area contributed by atoms with Gasteiger partial charge in [-0.2, -0.15) is 31.3 Å². The Hall–Kier alpha value is -4.32. The first kappa shape index (κ1) is 36.0. The molecule has 268 valence electrons. The van der Waals surface area contributed by atoms with Crippen molar-refractivity contribution in [2.75, 3.05) is 11.9 Å². The number of halogens is 10. The van der Waals surface area contributed by atoms with Gasteiger partial charge in [-0.05, 0) is 49.4 Å². The molecule has 19 heteroatoms. The largest absolute Gasteiger partial charge is 0.471 e. The molecule has 2 heterocycles. The lowest BCUT2D eigenvalue weighted by Crippen LogP contribution is -2.44. The topological polar surface area (TPSA) is 110 Å². The number of nitrogens with zero attached hydrogens (tertiary/aromatic N) is 3. The van der Waals surface area contributed by atoms with Gasteiger partial charge in [-0.3, -0.25) is 14.2 Å². The number of anilines is 2. The van der Waals surface area contributed by atoms with Gasteiger partial charge in [-0.15, -0.1) is 0 Å². The van der Waals surface area contributed by atoms with Crippen molar-refractivity contribution in [2.24, 2.45) is 18.9 Å². The number of aromatic nitrogens is 3. The highest BCUT2D eigenvalue weighted by Crippen LogP contribution is 2.43. The summed E-state index contributed by atoms with van der Waals surface area (Å²) in [6.45, 7) is -1.43. The molecule has 3 aromatic rings. The Bertz CT molecular complexity index is 1690. The van der Waals surface area contributed by atoms with Gasteiger partial charge in [0.15, 0.2) is 12.3 Å². The van der Waals surface area contributed by atoms with Gasteiger partial charge in [0.25, 0.3) is 12.3 Å². The van der Waals surface area contributed by atoms with Crippen LogP contribution < -0.4 is 20.7 Å². The van der Waals surface area contributed by atoms with Crippen LogP contribution in [0.2, 0.25) is 0 Å². The fourth-order valence-corrected chi connectivity index (χ4v) is 5.80. The number of hydrogen-bond donors (Lipinski definition) is 3. The molecular weight excluding hydrogens is 682 g/mol. The molecule has 49 heavy (non-hydrogen) atoms. The van der Waals surface area contributed by atoms with Gasteiger partial charge in [0.2, 0.25) is 23.7 Å². The number of carbonyl (C=O) groups is 2. The molecule has 0 unspecified atom stereocenters. The number of ether oxygens (including phenoxy) is 1. The SMILES string of the molecule is Cn1c(Nc2cc(CNC(=O)C3CC(F)(F)C3)ccc2C(F)(F)F)nc2cc(C(=O)N[C@H]3CC[C@H](C(F)(F)F)CC3)c(OCC(F)F)nc21. The standard InChI is InChI=1S/C30H30F10N6O3/c1-46-23-21(9-18(26(45-23)49-13-22(31)32)25(48)42-17-5-3-16(4-6-17)29(35,36)37)44-27(46)43-20-8-14(2-7-19(20)30(38,39)40)12-41-24(47)15-10-28(33,34)11-15/h2,7-9,15-17,22H,3-6,10-13H2,1H3,(H,41,47)(H,42,48)(H,43,44)/t16-,17-. The van der Waals surface area contributed by atoms with E-state index >= 15 is 0 Å². The predicted molar refractivity (Wildman–Crippen MR) is 154 cm³/mol. The van der Waals surface area contributed by atoms with E-state index < -0.39 is 91.0 Å². The second-order valence-corrected chi connectivity index (χ2v) is 12.1. The Morgan fingerprint density at radius 2 is 1.69 bits per heavy atom. The zero-order chi connectivity index (χ0) is 35.9. The van der Waals surface area contributed by atoms with Crippen LogP contribution in [0, 0.1) is 11.8 Å². The molecule has 0 saturated heterocycles. The second-order valence-electron chi connectivity index (χ2n) is 12.1. The van der Waals surface area contributed by atoms with Crippen LogP contribution in [-0.2, 0) is 24.6 Å². The summed E-state index contributed by atoms with van der Waals surface area (Å²) in [5.41, 5.74) is -1.94. The summed E-state index contributed by atoms with van der Waals surface area (Å²) in [5, 5.41) is 7.56. The Balaban J connectivity index is 1.39. The first-order valence-corrected chi connectivity index (χ1v) is 15.1. The minimum atomic E-state index is -4.86. The van der Waals surface area contributed by atoms with Crippen molar-refractivity contribution in [3.8, 4) is 5.88 Å². The molecule has 5 rings (SSSR count). The third-order valence-corrected chi connectivity index (χ3v) is 8.49. The van der Waals surface area contributed by atoms with Crippen LogP contribution in [0.4, 0.5) is 55.5 Å². The van der Waals surface area contributed by atoms with Gasteiger partial charge >= 0.3 is 12.4 Å². The van der Waals surface area contributed by atoms with Crippen molar-refractivity contribution in [1.29, 1.82) is 0 Å². The van der Waals surface area contributed by atoms with Crippen LogP contribution in [-0.4, -0.2) is 57.5 Å². The highest BCUT2D eigenvalue weighted by Gasteiger charge is 2.48. The van der Waals surface area contributed by atoms with Crippen molar-refractivity contribution in [3.63, 3.8) is 0 Å². The van der Waals surface area contributed by atoms with Gasteiger partial charge in [0.1, 0.15) is 11.1 Å². The molecule has 0 spiro atoms. The molecule has 2 amide bonds. The van der Waals surface area contributed by atoms with Crippen molar-refractivity contribution < 1.29 is 58.2 Å². The third kappa shape index (κ3) is 8.46. The average Bonchev–Trinajstić information content (AvgIpc) is 3.29. The zero-order valence-electron chi connectivity index (χ0n) is 25.6. The summed E-state index contributed by atoms with van der Waals surface area (Å²) in [4.78, 5) is 33.7. The van der Waals surface area contributed by atoms with Crippen molar-refractivity contribution in [1.82, 2.24) is 25.2 Å². The van der Waals surface area contributed by atoms with Crippen LogP contribution in [0.3, 0.4) is 0 Å². The summed E-state index contributed by atoms with van der Waals surface area (Å²) in [6.07, 6.45) is -13.9. The minimum absolute atomic E-state index is 0.0112. The summed E-state index contributed by atoms with van der Waals surface area (Å²) in [7, 11) is 1.34. The van der Waals surface area contributed by atoms with E-state index in [9.17, 15) is 53.5 Å². The maximum Gasteiger partial charge on any atom is 0.418 e. The van der Waals surface area contributed by atoms with E-state index in [0.717, 1.165) is 24.3 Å². The second kappa shape index (κ2) is 13.5. The first-order chi connectivity index (χ1) is 22.8. The predicted octanol–water partition coefficient (Wildman–Crippen LogP) is 6.89. The molecule has 2 fully saturated rings. The monoisotopic (exact) mass is 712 g/mol. The summed E-state index contributed by atoms with van der Waals surface area (Å²) in [5.74, 6) is -7.69. The van der Waals surface area contributed by atoms with E-state index in [1.54, 1.807) is 0 Å². The normalized spacial score (nSPS) is 19.8. The summed E-state index contributed by atoms with van der Waals surface area (Å²) >= 11 is 0. The van der Waals surface area contributed by atoms with Crippen LogP contribution >= 0.6 is 0 Å². The van der Waals surface area contributed by atoms with Crippen LogP contribution in [0.15, 0.2) is 24.3 Å². The lowest BCUT2D eigenvalue weighted by Gasteiger charge is -2.33. The first-order valence-electron chi connectivity index (χ1n) is 15.1. The number of hydrogen-bond acceptors (Lipinski definition) is 6. The van der Waals surface area contributed by atoms with E-state index in [0.29, 0.717) is 0 Å². The molecule has 2 aromatic heterocycles. The van der Waals surface area contributed by atoms with Crippen LogP contribution in [0.5, 0.6) is 5.88 Å². The van der Waals surface area contributed by atoms with Gasteiger partial charge in [0.05, 0.1) is 17.2 Å². The third-order valence-electron chi connectivity index (χ3n) is 8.49. The molecular formula is C30H30F10N6O3. The molecule has 9 nitrogen and oxygen atoms in total. The van der Waals surface area contributed by atoms with Crippen LogP contribution in [0.1, 0.15) is 60.0 Å². The molecule has 2 aliphatic carbocycles. The average molecular weight is 713 g/mol. The molecule has 1 aromatic carbocycles. The van der Waals surface area contributed by atoms with E-state index in [1.807, 2.05) is 0 Å². The fraction of sp³-hybridized carbons (Fsp3) is 0.533. The number of pyridine rings is 1. The summed E-state index contributed by atoms with van der Waals surface area (Å²) < 4.78 is 140. The maximum absolute atomic E-state index is 14.0. The fourth-order valence-electron chi connectivity index (χ4n) is 5.80. The smallest absolute Gasteiger partial charge is 0.418 e. The van der Waals surface area contributed by atoms with Gasteiger partial charge in [-0.25, -0.2) is 22.5 Å². The number of rotatable bonds is 10. The van der Waals surface area contributed by atoms with Crippen LogP contribution in [0.25, 0.3) is 11.2 Å². The lowest BCUT2D eigenvalue weighted by molar-refractivity contribution is -0.182. The number of imidazole rings is 1. The van der Waals surface area contributed by atoms with Crippen molar-refractivity contribution >= 4 is 34.6 Å². The number of alkyl halides is 10. The number of nitrogens with one attached hydrogen (secondary N) is 3. The molecule has 0 radical (unpaired) electrons. The number of carbonyl (C=O) groups excluding carboxylic acids is 2. The number of amides is 2. The van der Waals surface area contributed by atoms with Gasteiger partial charge in [0, 0.05) is 38.4 Å². The lowest BCUT2D eigenvalue weighted by atomic mass is 9.81. The van der Waals surface area contributed by atoms with Gasteiger partial charge in [-0.1, -0.05) is 6.07 Å². The highest BCUT2D eigenvalue weighted by molar-refractivity contribution is 5.99. The molecule has 2 saturated carbocycles. The Morgan fingerprint density at radius 3 is 2.29 bits per heavy atom. The maximum atomic E-state index is 14.0. The highest BCUT2D eigenvalue weighted by atomic mass is 19.4. The molecule has 2 aliphatic rings. The molecule has 0 atom stereocenters. The Kier molecular flexibility index (Phi) is 9.93. The van der Waals surface area contributed by atoms with E-state index in [-0.39, 0.29) is 60.5 Å². The quantitative estimate of drug-likeness (QED) is 0.198. The Morgan fingerprint density at radius 1 is 1.02 bits per heavy atom. The molecule has 0 bridgehead atoms. The zero-order valence-corrected chi connectivity index (χ0v) is 25.6. The van der Waals surface area contributed by atoms with E-state index in [1.165, 1.54) is 11.6 Å². The number of fused-ring (bicyclic) bond motifs is 1. The minimum Gasteiger partial charge on any atom is -0.471 e. The molecule has 0 aliphatic heterocycles. The van der Waals surface area contributed by atoms with Crippen molar-refractivity contribution in [2.45, 2.75) is 75.8 Å². The Labute approximate surface area is 271 Å². The molecule has 3 N–H and O–H groups in total. The van der Waals surface area contributed by atoms with Gasteiger partial charge < -0.3 is 20.7 Å². The van der Waals surface area contributed by atoms with E-state index in [2.05, 4.69) is 25.9 Å².